The Labute approximate surface area is 198 Å². The molecule has 0 aliphatic rings. The molecule has 0 saturated heterocycles. The van der Waals surface area contributed by atoms with Gasteiger partial charge in [-0.05, 0) is 6.42 Å². The van der Waals surface area contributed by atoms with Gasteiger partial charge in [0.25, 0.3) is 0 Å². The van der Waals surface area contributed by atoms with Crippen LogP contribution in [0.2, 0.25) is 0 Å². The van der Waals surface area contributed by atoms with Crippen molar-refractivity contribution in [3.8, 4) is 0 Å². The Balaban J connectivity index is 0.00000784. The monoisotopic (exact) mass is 519 g/mol. The summed E-state index contributed by atoms with van der Waals surface area (Å²) in [4.78, 5) is 0. The van der Waals surface area contributed by atoms with Gasteiger partial charge in [0.1, 0.15) is 6.10 Å². The molecular weight excluding hydrogens is 473 g/mol. The maximum absolute atomic E-state index is 5.83. The highest BCUT2D eigenvalue weighted by molar-refractivity contribution is 4.83. The van der Waals surface area contributed by atoms with E-state index >= 15 is 0 Å². The van der Waals surface area contributed by atoms with E-state index in [0.717, 1.165) is 13.2 Å². The van der Waals surface area contributed by atoms with Crippen LogP contribution in [0.3, 0.4) is 0 Å². The average Bonchev–Trinajstić information content (AvgIpc) is 2.73. The van der Waals surface area contributed by atoms with Crippen molar-refractivity contribution in [2.45, 2.75) is 109 Å². The molecule has 0 spiro atoms. The van der Waals surface area contributed by atoms with Crippen molar-refractivity contribution in [3.05, 3.63) is 30.6 Å². The van der Waals surface area contributed by atoms with Gasteiger partial charge in [-0.2, -0.15) is 0 Å². The van der Waals surface area contributed by atoms with E-state index in [1.807, 2.05) is 18.2 Å². The highest BCUT2D eigenvalue weighted by Crippen LogP contribution is 2.13. The van der Waals surface area contributed by atoms with Crippen molar-refractivity contribution in [2.75, 3.05) is 20.3 Å². The van der Waals surface area contributed by atoms with Gasteiger partial charge in [-0.25, -0.2) is 4.57 Å². The van der Waals surface area contributed by atoms with E-state index in [4.69, 9.17) is 9.47 Å². The van der Waals surface area contributed by atoms with E-state index in [1.165, 1.54) is 89.9 Å². The maximum atomic E-state index is 5.83. The molecule has 1 atom stereocenters. The zero-order chi connectivity index (χ0) is 20.1. The number of hydrogen-bond acceptors (Lipinski definition) is 2. The molecular formula is C25H46INO2. The molecule has 0 bridgehead atoms. The number of hydrogen-bond donors (Lipinski definition) is 0. The standard InChI is InChI=1S/C25H46NO2.HI/c1-3-4-5-6-7-8-9-10-11-12-13-14-15-19-22-28-24-25(27-2)23-26-20-17-16-18-21-26;/h16-18,20-21,25H,3-15,19,22-24H2,1-2H3;1H/q+1;/p-1. The Morgan fingerprint density at radius 2 is 1.17 bits per heavy atom. The van der Waals surface area contributed by atoms with Crippen LogP contribution in [0.25, 0.3) is 0 Å². The van der Waals surface area contributed by atoms with Crippen LogP contribution in [-0.2, 0) is 16.0 Å². The fourth-order valence-corrected chi connectivity index (χ4v) is 3.60. The lowest BCUT2D eigenvalue weighted by Gasteiger charge is -2.12. The van der Waals surface area contributed by atoms with Crippen LogP contribution in [0.1, 0.15) is 96.8 Å². The first-order valence-electron chi connectivity index (χ1n) is 11.9. The van der Waals surface area contributed by atoms with E-state index in [1.54, 1.807) is 7.11 Å². The number of halogens is 1. The van der Waals surface area contributed by atoms with Gasteiger partial charge in [0.15, 0.2) is 18.9 Å². The third-order valence-corrected chi connectivity index (χ3v) is 5.47. The van der Waals surface area contributed by atoms with Crippen molar-refractivity contribution in [1.82, 2.24) is 0 Å². The molecule has 1 heterocycles. The highest BCUT2D eigenvalue weighted by atomic mass is 127. The number of aromatic nitrogens is 1. The van der Waals surface area contributed by atoms with Crippen LogP contribution in [0, 0.1) is 0 Å². The molecule has 1 rings (SSSR count). The lowest BCUT2D eigenvalue weighted by Crippen LogP contribution is -3.00. The number of rotatable bonds is 20. The molecule has 0 amide bonds. The van der Waals surface area contributed by atoms with Gasteiger partial charge in [0.2, 0.25) is 0 Å². The minimum atomic E-state index is 0. The van der Waals surface area contributed by atoms with Gasteiger partial charge >= 0.3 is 0 Å². The minimum absolute atomic E-state index is 0. The topological polar surface area (TPSA) is 22.3 Å². The van der Waals surface area contributed by atoms with Crippen LogP contribution >= 0.6 is 0 Å². The Bertz CT molecular complexity index is 430. The number of pyridine rings is 1. The van der Waals surface area contributed by atoms with E-state index in [0.29, 0.717) is 6.61 Å². The molecule has 0 saturated carbocycles. The summed E-state index contributed by atoms with van der Waals surface area (Å²) in [7, 11) is 1.77. The summed E-state index contributed by atoms with van der Waals surface area (Å²) < 4.78 is 13.5. The molecule has 170 valence electrons. The fourth-order valence-electron chi connectivity index (χ4n) is 3.60. The molecule has 3 nitrogen and oxygen atoms in total. The molecule has 0 N–H and O–H groups in total. The summed E-state index contributed by atoms with van der Waals surface area (Å²) >= 11 is 0. The second kappa shape index (κ2) is 22.5. The van der Waals surface area contributed by atoms with Gasteiger partial charge in [-0.15, -0.1) is 0 Å². The van der Waals surface area contributed by atoms with Gasteiger partial charge in [-0.3, -0.25) is 0 Å². The van der Waals surface area contributed by atoms with Crippen LogP contribution < -0.4 is 28.5 Å². The van der Waals surface area contributed by atoms with Crippen molar-refractivity contribution < 1.29 is 38.0 Å². The van der Waals surface area contributed by atoms with Crippen LogP contribution in [0.15, 0.2) is 30.6 Å². The third kappa shape index (κ3) is 18.3. The Hall–Kier alpha value is -0.200. The smallest absolute Gasteiger partial charge is 0.176 e. The van der Waals surface area contributed by atoms with E-state index in [2.05, 4.69) is 23.9 Å². The molecule has 1 unspecified atom stereocenters. The molecule has 0 aromatic carbocycles. The second-order valence-electron chi connectivity index (χ2n) is 8.10. The molecule has 1 aromatic rings. The largest absolute Gasteiger partial charge is 1.00 e. The summed E-state index contributed by atoms with van der Waals surface area (Å²) in [6.45, 7) is 4.67. The van der Waals surface area contributed by atoms with Crippen LogP contribution in [-0.4, -0.2) is 26.4 Å². The molecule has 29 heavy (non-hydrogen) atoms. The van der Waals surface area contributed by atoms with Gasteiger partial charge in [0.05, 0.1) is 6.61 Å². The summed E-state index contributed by atoms with van der Waals surface area (Å²) in [5.74, 6) is 0. The van der Waals surface area contributed by atoms with Crippen molar-refractivity contribution in [1.29, 1.82) is 0 Å². The van der Waals surface area contributed by atoms with E-state index in [9.17, 15) is 0 Å². The molecule has 0 fully saturated rings. The average molecular weight is 520 g/mol. The van der Waals surface area contributed by atoms with Gasteiger partial charge in [0, 0.05) is 25.8 Å². The first-order valence-corrected chi connectivity index (χ1v) is 11.9. The number of methoxy groups -OCH3 is 1. The Morgan fingerprint density at radius 1 is 0.690 bits per heavy atom. The van der Waals surface area contributed by atoms with E-state index < -0.39 is 0 Å². The van der Waals surface area contributed by atoms with Crippen molar-refractivity contribution >= 4 is 0 Å². The zero-order valence-corrected chi connectivity index (χ0v) is 21.3. The van der Waals surface area contributed by atoms with Gasteiger partial charge < -0.3 is 33.5 Å². The minimum Gasteiger partial charge on any atom is -1.00 e. The summed E-state index contributed by atoms with van der Waals surface area (Å²) in [6, 6.07) is 6.12. The predicted molar refractivity (Wildman–Crippen MR) is 119 cm³/mol. The quantitative estimate of drug-likeness (QED) is 0.150. The van der Waals surface area contributed by atoms with Crippen LogP contribution in [0.5, 0.6) is 0 Å². The Kier molecular flexibility index (Phi) is 22.3. The molecule has 4 heteroatoms. The normalized spacial score (nSPS) is 11.9. The van der Waals surface area contributed by atoms with Crippen LogP contribution in [0.4, 0.5) is 0 Å². The number of ether oxygens (including phenoxy) is 2. The van der Waals surface area contributed by atoms with Crippen molar-refractivity contribution in [3.63, 3.8) is 0 Å². The summed E-state index contributed by atoms with van der Waals surface area (Å²) in [5, 5.41) is 0. The second-order valence-corrected chi connectivity index (χ2v) is 8.10. The van der Waals surface area contributed by atoms with E-state index in [-0.39, 0.29) is 30.1 Å². The SMILES string of the molecule is CCCCCCCCCCCCCCCCOCC(C[n+]1ccccc1)OC.[I-]. The van der Waals surface area contributed by atoms with Crippen molar-refractivity contribution in [2.24, 2.45) is 0 Å². The van der Waals surface area contributed by atoms with Gasteiger partial charge in [-0.1, -0.05) is 96.5 Å². The first-order chi connectivity index (χ1) is 13.9. The predicted octanol–water partition coefficient (Wildman–Crippen LogP) is 3.49. The molecule has 0 aliphatic carbocycles. The fraction of sp³-hybridized carbons (Fsp3) is 0.800. The molecule has 1 aromatic heterocycles. The summed E-state index contributed by atoms with van der Waals surface area (Å²) in [6.07, 6.45) is 23.8. The zero-order valence-electron chi connectivity index (χ0n) is 19.1. The Morgan fingerprint density at radius 3 is 1.66 bits per heavy atom. The lowest BCUT2D eigenvalue weighted by atomic mass is 10.0. The third-order valence-electron chi connectivity index (χ3n) is 5.47. The lowest BCUT2D eigenvalue weighted by molar-refractivity contribution is -0.704. The highest BCUT2D eigenvalue weighted by Gasteiger charge is 2.13. The molecule has 0 aliphatic heterocycles. The number of unbranched alkanes of at least 4 members (excludes halogenated alkanes) is 13. The number of nitrogens with zero attached hydrogens (tertiary/aromatic N) is 1. The molecule has 0 radical (unpaired) electrons. The summed E-state index contributed by atoms with van der Waals surface area (Å²) in [5.41, 5.74) is 0. The first kappa shape index (κ1) is 28.8. The maximum Gasteiger partial charge on any atom is 0.176 e.